The van der Waals surface area contributed by atoms with Gasteiger partial charge in [-0.05, 0) is 56.6 Å². The number of nitrogens with one attached hydrogen (secondary N) is 1. The second-order valence-electron chi connectivity index (χ2n) is 5.88. The first-order chi connectivity index (χ1) is 10.8. The standard InChI is InChI=1S/C20H22IN/c21-19-14-8-7-13-18(19)20(17-11-5-2-6-12-17)22-15-16-9-3-1-4-10-16/h1-6,9-12,14,18,20,22H,7-8,13,15H2/t18-,20+/m0/s1. The van der Waals surface area contributed by atoms with E-state index in [1.54, 1.807) is 0 Å². The molecule has 0 radical (unpaired) electrons. The molecule has 114 valence electrons. The quantitative estimate of drug-likeness (QED) is 0.638. The molecule has 0 aromatic heterocycles. The second-order valence-corrected chi connectivity index (χ2v) is 7.13. The van der Waals surface area contributed by atoms with Crippen LogP contribution in [0.25, 0.3) is 0 Å². The summed E-state index contributed by atoms with van der Waals surface area (Å²) >= 11 is 2.54. The number of halogens is 1. The Morgan fingerprint density at radius 2 is 1.68 bits per heavy atom. The van der Waals surface area contributed by atoms with Crippen LogP contribution in [-0.2, 0) is 6.54 Å². The van der Waals surface area contributed by atoms with Crippen molar-refractivity contribution in [1.82, 2.24) is 5.32 Å². The Hall–Kier alpha value is -1.13. The number of hydrogen-bond donors (Lipinski definition) is 1. The summed E-state index contributed by atoms with van der Waals surface area (Å²) in [6.45, 7) is 0.917. The zero-order valence-electron chi connectivity index (χ0n) is 12.7. The number of allylic oxidation sites excluding steroid dienone is 1. The van der Waals surface area contributed by atoms with Crippen molar-refractivity contribution in [1.29, 1.82) is 0 Å². The van der Waals surface area contributed by atoms with Crippen molar-refractivity contribution in [3.63, 3.8) is 0 Å². The van der Waals surface area contributed by atoms with Gasteiger partial charge in [0.05, 0.1) is 0 Å². The van der Waals surface area contributed by atoms with Crippen LogP contribution in [0.15, 0.2) is 70.3 Å². The summed E-state index contributed by atoms with van der Waals surface area (Å²) in [5, 5.41) is 3.81. The molecule has 0 spiro atoms. The lowest BCUT2D eigenvalue weighted by Crippen LogP contribution is -2.29. The monoisotopic (exact) mass is 403 g/mol. The molecule has 1 N–H and O–H groups in total. The molecule has 1 nitrogen and oxygen atoms in total. The van der Waals surface area contributed by atoms with Gasteiger partial charge in [-0.2, -0.15) is 0 Å². The van der Waals surface area contributed by atoms with Gasteiger partial charge >= 0.3 is 0 Å². The Kier molecular flexibility index (Phi) is 5.68. The third-order valence-electron chi connectivity index (χ3n) is 4.34. The SMILES string of the molecule is IC1=CCCC[C@@H]1[C@H](NCc1ccccc1)c1ccccc1. The fraction of sp³-hybridized carbons (Fsp3) is 0.300. The lowest BCUT2D eigenvalue weighted by Gasteiger charge is -2.31. The third-order valence-corrected chi connectivity index (χ3v) is 5.58. The molecule has 2 atom stereocenters. The third kappa shape index (κ3) is 3.99. The minimum Gasteiger partial charge on any atom is -0.305 e. The van der Waals surface area contributed by atoms with E-state index in [9.17, 15) is 0 Å². The van der Waals surface area contributed by atoms with E-state index >= 15 is 0 Å². The fourth-order valence-corrected chi connectivity index (χ4v) is 4.15. The Morgan fingerprint density at radius 1 is 1.00 bits per heavy atom. The maximum absolute atomic E-state index is 3.81. The van der Waals surface area contributed by atoms with Gasteiger partial charge in [0.15, 0.2) is 0 Å². The van der Waals surface area contributed by atoms with Crippen LogP contribution in [0.3, 0.4) is 0 Å². The lowest BCUT2D eigenvalue weighted by atomic mass is 9.85. The Labute approximate surface area is 147 Å². The average molecular weight is 403 g/mol. The first-order valence-corrected chi connectivity index (χ1v) is 9.10. The summed E-state index contributed by atoms with van der Waals surface area (Å²) in [6.07, 6.45) is 6.22. The molecule has 0 saturated heterocycles. The van der Waals surface area contributed by atoms with Gasteiger partial charge in [0.2, 0.25) is 0 Å². The van der Waals surface area contributed by atoms with Crippen molar-refractivity contribution < 1.29 is 0 Å². The van der Waals surface area contributed by atoms with Gasteiger partial charge in [0.1, 0.15) is 0 Å². The molecule has 0 aliphatic heterocycles. The minimum absolute atomic E-state index is 0.393. The van der Waals surface area contributed by atoms with Gasteiger partial charge < -0.3 is 5.32 Å². The highest BCUT2D eigenvalue weighted by atomic mass is 127. The lowest BCUT2D eigenvalue weighted by molar-refractivity contribution is 0.379. The largest absolute Gasteiger partial charge is 0.305 e. The molecule has 0 fully saturated rings. The molecule has 2 aromatic rings. The van der Waals surface area contributed by atoms with Crippen LogP contribution in [0.1, 0.15) is 36.4 Å². The van der Waals surface area contributed by atoms with Crippen LogP contribution in [-0.4, -0.2) is 0 Å². The topological polar surface area (TPSA) is 12.0 Å². The van der Waals surface area contributed by atoms with E-state index < -0.39 is 0 Å². The first-order valence-electron chi connectivity index (χ1n) is 8.02. The Bertz CT molecular complexity index is 606. The molecule has 0 heterocycles. The summed E-state index contributed by atoms with van der Waals surface area (Å²) in [7, 11) is 0. The maximum atomic E-state index is 3.81. The minimum atomic E-state index is 0.393. The van der Waals surface area contributed by atoms with Crippen LogP contribution < -0.4 is 5.32 Å². The highest BCUT2D eigenvalue weighted by molar-refractivity contribution is 14.1. The maximum Gasteiger partial charge on any atom is 0.0396 e. The van der Waals surface area contributed by atoms with E-state index in [-0.39, 0.29) is 0 Å². The zero-order chi connectivity index (χ0) is 15.2. The van der Waals surface area contributed by atoms with E-state index in [0.29, 0.717) is 12.0 Å². The van der Waals surface area contributed by atoms with Crippen molar-refractivity contribution in [3.05, 3.63) is 81.4 Å². The number of rotatable bonds is 5. The fourth-order valence-electron chi connectivity index (χ4n) is 3.17. The average Bonchev–Trinajstić information content (AvgIpc) is 2.58. The van der Waals surface area contributed by atoms with Crippen molar-refractivity contribution in [2.24, 2.45) is 5.92 Å². The predicted octanol–water partition coefficient (Wildman–Crippen LogP) is 5.64. The van der Waals surface area contributed by atoms with Gasteiger partial charge in [-0.15, -0.1) is 0 Å². The van der Waals surface area contributed by atoms with E-state index in [2.05, 4.69) is 94.6 Å². The molecule has 0 bridgehead atoms. The molecule has 2 aromatic carbocycles. The molecule has 0 unspecified atom stereocenters. The van der Waals surface area contributed by atoms with Crippen molar-refractivity contribution in [3.8, 4) is 0 Å². The summed E-state index contributed by atoms with van der Waals surface area (Å²) in [5.41, 5.74) is 2.74. The van der Waals surface area contributed by atoms with Gasteiger partial charge in [0.25, 0.3) is 0 Å². The molecule has 0 saturated carbocycles. The normalized spacial score (nSPS) is 19.5. The molecular weight excluding hydrogens is 381 g/mol. The van der Waals surface area contributed by atoms with Crippen LogP contribution in [0.4, 0.5) is 0 Å². The molecule has 2 heteroatoms. The number of hydrogen-bond acceptors (Lipinski definition) is 1. The van der Waals surface area contributed by atoms with Gasteiger partial charge in [-0.3, -0.25) is 0 Å². The Balaban J connectivity index is 1.80. The highest BCUT2D eigenvalue weighted by Gasteiger charge is 2.26. The van der Waals surface area contributed by atoms with Crippen LogP contribution in [0, 0.1) is 5.92 Å². The van der Waals surface area contributed by atoms with E-state index in [0.717, 1.165) is 6.54 Å². The van der Waals surface area contributed by atoms with Gasteiger partial charge in [0, 0.05) is 18.5 Å². The van der Waals surface area contributed by atoms with Crippen molar-refractivity contribution in [2.75, 3.05) is 0 Å². The van der Waals surface area contributed by atoms with E-state index in [4.69, 9.17) is 0 Å². The second kappa shape index (κ2) is 7.93. The molecule has 0 amide bonds. The summed E-state index contributed by atoms with van der Waals surface area (Å²) in [5.74, 6) is 0.598. The first kappa shape index (κ1) is 15.8. The van der Waals surface area contributed by atoms with Crippen molar-refractivity contribution in [2.45, 2.75) is 31.8 Å². The molecule has 22 heavy (non-hydrogen) atoms. The molecule has 3 rings (SSSR count). The van der Waals surface area contributed by atoms with E-state index in [1.807, 2.05) is 0 Å². The summed E-state index contributed by atoms with van der Waals surface area (Å²) < 4.78 is 1.51. The van der Waals surface area contributed by atoms with Crippen molar-refractivity contribution >= 4 is 22.6 Å². The summed E-state index contributed by atoms with van der Waals surface area (Å²) in [6, 6.07) is 22.0. The van der Waals surface area contributed by atoms with E-state index in [1.165, 1.54) is 34.0 Å². The van der Waals surface area contributed by atoms with Crippen LogP contribution >= 0.6 is 22.6 Å². The molecule has 1 aliphatic carbocycles. The van der Waals surface area contributed by atoms with Gasteiger partial charge in [-0.25, -0.2) is 0 Å². The van der Waals surface area contributed by atoms with Gasteiger partial charge in [-0.1, -0.05) is 66.7 Å². The predicted molar refractivity (Wildman–Crippen MR) is 102 cm³/mol. The smallest absolute Gasteiger partial charge is 0.0396 e. The summed E-state index contributed by atoms with van der Waals surface area (Å²) in [4.78, 5) is 0. The highest BCUT2D eigenvalue weighted by Crippen LogP contribution is 2.38. The van der Waals surface area contributed by atoms with Crippen LogP contribution in [0.2, 0.25) is 0 Å². The molecular formula is C20H22IN. The number of benzene rings is 2. The zero-order valence-corrected chi connectivity index (χ0v) is 14.9. The Morgan fingerprint density at radius 3 is 2.36 bits per heavy atom. The molecule has 1 aliphatic rings. The van der Waals surface area contributed by atoms with Crippen LogP contribution in [0.5, 0.6) is 0 Å².